The zero-order valence-corrected chi connectivity index (χ0v) is 11.5. The van der Waals surface area contributed by atoms with Gasteiger partial charge in [-0.05, 0) is 38.3 Å². The van der Waals surface area contributed by atoms with Gasteiger partial charge in [0.25, 0.3) is 5.91 Å². The fourth-order valence-electron chi connectivity index (χ4n) is 2.01. The van der Waals surface area contributed by atoms with Crippen LogP contribution in [0.3, 0.4) is 0 Å². The highest BCUT2D eigenvalue weighted by Crippen LogP contribution is 2.15. The number of nitrogens with zero attached hydrogens (tertiary/aromatic N) is 1. The molecule has 1 aromatic rings. The lowest BCUT2D eigenvalue weighted by molar-refractivity contribution is 0.0368. The van der Waals surface area contributed by atoms with E-state index in [4.69, 9.17) is 0 Å². The first-order chi connectivity index (χ1) is 8.30. The van der Waals surface area contributed by atoms with E-state index in [2.05, 4.69) is 10.3 Å². The molecule has 1 heterocycles. The Kier molecular flexibility index (Phi) is 4.84. The number of aliphatic hydroxyl groups is 1. The van der Waals surface area contributed by atoms with Gasteiger partial charge in [-0.25, -0.2) is 0 Å². The van der Waals surface area contributed by atoms with Gasteiger partial charge in [0, 0.05) is 24.0 Å². The maximum Gasteiger partial charge on any atom is 0.251 e. The number of rotatable bonds is 5. The van der Waals surface area contributed by atoms with Crippen LogP contribution in [0.2, 0.25) is 0 Å². The van der Waals surface area contributed by atoms with Crippen molar-refractivity contribution in [2.45, 2.75) is 39.7 Å². The summed E-state index contributed by atoms with van der Waals surface area (Å²) in [7, 11) is 0. The van der Waals surface area contributed by atoms with Crippen LogP contribution in [-0.2, 0) is 0 Å². The summed E-state index contributed by atoms with van der Waals surface area (Å²) >= 11 is 0. The van der Waals surface area contributed by atoms with E-state index in [9.17, 15) is 9.90 Å². The van der Waals surface area contributed by atoms with Gasteiger partial charge in [0.2, 0.25) is 0 Å². The van der Waals surface area contributed by atoms with Crippen molar-refractivity contribution in [3.05, 3.63) is 29.6 Å². The summed E-state index contributed by atoms with van der Waals surface area (Å²) in [6, 6.07) is 3.39. The Bertz CT molecular complexity index is 414. The van der Waals surface area contributed by atoms with Crippen LogP contribution >= 0.6 is 0 Å². The van der Waals surface area contributed by atoms with Crippen molar-refractivity contribution in [1.29, 1.82) is 0 Å². The number of hydrogen-bond acceptors (Lipinski definition) is 3. The molecule has 0 aromatic carbocycles. The quantitative estimate of drug-likeness (QED) is 0.839. The number of amides is 1. The van der Waals surface area contributed by atoms with Crippen molar-refractivity contribution in [2.24, 2.45) is 5.92 Å². The summed E-state index contributed by atoms with van der Waals surface area (Å²) in [6.45, 7) is 7.92. The molecule has 0 radical (unpaired) electrons. The lowest BCUT2D eigenvalue weighted by Crippen LogP contribution is -2.41. The SMILES string of the molecule is Cc1cc(C(=O)NCC(C)(O)CC(C)C)ccn1. The Labute approximate surface area is 108 Å². The molecule has 0 spiro atoms. The van der Waals surface area contributed by atoms with Crippen LogP contribution in [0.25, 0.3) is 0 Å². The summed E-state index contributed by atoms with van der Waals surface area (Å²) in [4.78, 5) is 15.9. The first kappa shape index (κ1) is 14.6. The van der Waals surface area contributed by atoms with E-state index in [1.54, 1.807) is 25.3 Å². The molecular weight excluding hydrogens is 228 g/mol. The summed E-state index contributed by atoms with van der Waals surface area (Å²) in [6.07, 6.45) is 2.26. The minimum absolute atomic E-state index is 0.176. The molecule has 0 saturated heterocycles. The average Bonchev–Trinajstić information content (AvgIpc) is 2.24. The van der Waals surface area contributed by atoms with Crippen LogP contribution in [0, 0.1) is 12.8 Å². The molecule has 2 N–H and O–H groups in total. The molecule has 1 rings (SSSR count). The number of aryl methyl sites for hydroxylation is 1. The van der Waals surface area contributed by atoms with E-state index in [0.717, 1.165) is 5.69 Å². The molecule has 1 atom stereocenters. The summed E-state index contributed by atoms with van der Waals surface area (Å²) in [5.74, 6) is 0.213. The van der Waals surface area contributed by atoms with Crippen molar-refractivity contribution in [3.8, 4) is 0 Å². The highest BCUT2D eigenvalue weighted by atomic mass is 16.3. The van der Waals surface area contributed by atoms with Gasteiger partial charge in [-0.15, -0.1) is 0 Å². The largest absolute Gasteiger partial charge is 0.388 e. The number of nitrogens with one attached hydrogen (secondary N) is 1. The summed E-state index contributed by atoms with van der Waals surface area (Å²) in [5, 5.41) is 12.9. The van der Waals surface area contributed by atoms with Crippen LogP contribution in [0.1, 0.15) is 43.2 Å². The molecule has 1 unspecified atom stereocenters. The van der Waals surface area contributed by atoms with E-state index < -0.39 is 5.60 Å². The van der Waals surface area contributed by atoms with Crippen LogP contribution < -0.4 is 5.32 Å². The molecule has 0 aliphatic rings. The highest BCUT2D eigenvalue weighted by Gasteiger charge is 2.22. The normalized spacial score (nSPS) is 14.3. The van der Waals surface area contributed by atoms with Crippen molar-refractivity contribution >= 4 is 5.91 Å². The first-order valence-corrected chi connectivity index (χ1v) is 6.23. The minimum atomic E-state index is -0.869. The second-order valence-corrected chi connectivity index (χ2v) is 5.46. The van der Waals surface area contributed by atoms with Crippen molar-refractivity contribution < 1.29 is 9.90 Å². The zero-order valence-electron chi connectivity index (χ0n) is 11.5. The monoisotopic (exact) mass is 250 g/mol. The molecule has 1 amide bonds. The fraction of sp³-hybridized carbons (Fsp3) is 0.571. The van der Waals surface area contributed by atoms with E-state index in [1.807, 2.05) is 20.8 Å². The second-order valence-electron chi connectivity index (χ2n) is 5.46. The first-order valence-electron chi connectivity index (χ1n) is 6.23. The smallest absolute Gasteiger partial charge is 0.251 e. The Balaban J connectivity index is 2.56. The van der Waals surface area contributed by atoms with E-state index in [-0.39, 0.29) is 12.5 Å². The van der Waals surface area contributed by atoms with Gasteiger partial charge in [-0.1, -0.05) is 13.8 Å². The molecule has 0 saturated carbocycles. The second kappa shape index (κ2) is 5.96. The fourth-order valence-corrected chi connectivity index (χ4v) is 2.01. The third-order valence-electron chi connectivity index (χ3n) is 2.64. The van der Waals surface area contributed by atoms with Crippen LogP contribution in [-0.4, -0.2) is 28.1 Å². The standard InChI is InChI=1S/C14H22N2O2/c1-10(2)8-14(4,18)9-16-13(17)12-5-6-15-11(3)7-12/h5-7,10,18H,8-9H2,1-4H3,(H,16,17). The van der Waals surface area contributed by atoms with Crippen molar-refractivity contribution in [1.82, 2.24) is 10.3 Å². The maximum absolute atomic E-state index is 11.9. The van der Waals surface area contributed by atoms with Crippen molar-refractivity contribution in [3.63, 3.8) is 0 Å². The molecule has 4 heteroatoms. The molecule has 18 heavy (non-hydrogen) atoms. The minimum Gasteiger partial charge on any atom is -0.388 e. The molecule has 1 aromatic heterocycles. The third-order valence-corrected chi connectivity index (χ3v) is 2.64. The number of aromatic nitrogens is 1. The third kappa shape index (κ3) is 4.84. The van der Waals surface area contributed by atoms with Crippen LogP contribution in [0.5, 0.6) is 0 Å². The zero-order chi connectivity index (χ0) is 13.8. The molecule has 0 aliphatic carbocycles. The van der Waals surface area contributed by atoms with Gasteiger partial charge in [0.05, 0.1) is 5.60 Å². The lowest BCUT2D eigenvalue weighted by atomic mass is 9.94. The van der Waals surface area contributed by atoms with Crippen LogP contribution in [0.4, 0.5) is 0 Å². The summed E-state index contributed by atoms with van der Waals surface area (Å²) in [5.41, 5.74) is 0.505. The summed E-state index contributed by atoms with van der Waals surface area (Å²) < 4.78 is 0. The topological polar surface area (TPSA) is 62.2 Å². The Morgan fingerprint density at radius 1 is 1.56 bits per heavy atom. The number of hydrogen-bond donors (Lipinski definition) is 2. The Hall–Kier alpha value is -1.42. The Morgan fingerprint density at radius 3 is 2.78 bits per heavy atom. The predicted octanol–water partition coefficient (Wildman–Crippen LogP) is 1.92. The average molecular weight is 250 g/mol. The van der Waals surface area contributed by atoms with Gasteiger partial charge >= 0.3 is 0 Å². The maximum atomic E-state index is 11.9. The van der Waals surface area contributed by atoms with E-state index >= 15 is 0 Å². The number of pyridine rings is 1. The molecule has 0 fully saturated rings. The van der Waals surface area contributed by atoms with Gasteiger partial charge < -0.3 is 10.4 Å². The van der Waals surface area contributed by atoms with E-state index in [0.29, 0.717) is 17.9 Å². The molecule has 100 valence electrons. The van der Waals surface area contributed by atoms with Gasteiger partial charge in [0.1, 0.15) is 0 Å². The van der Waals surface area contributed by atoms with Crippen molar-refractivity contribution in [2.75, 3.05) is 6.54 Å². The molecule has 0 bridgehead atoms. The highest BCUT2D eigenvalue weighted by molar-refractivity contribution is 5.94. The van der Waals surface area contributed by atoms with Crippen LogP contribution in [0.15, 0.2) is 18.3 Å². The lowest BCUT2D eigenvalue weighted by Gasteiger charge is -2.25. The van der Waals surface area contributed by atoms with Gasteiger partial charge in [-0.2, -0.15) is 0 Å². The molecule has 4 nitrogen and oxygen atoms in total. The number of carbonyl (C=O) groups is 1. The van der Waals surface area contributed by atoms with Gasteiger partial charge in [0.15, 0.2) is 0 Å². The van der Waals surface area contributed by atoms with Gasteiger partial charge in [-0.3, -0.25) is 9.78 Å². The predicted molar refractivity (Wildman–Crippen MR) is 71.4 cm³/mol. The molecule has 0 aliphatic heterocycles. The molecular formula is C14H22N2O2. The number of carbonyl (C=O) groups excluding carboxylic acids is 1. The Morgan fingerprint density at radius 2 is 2.22 bits per heavy atom. The van der Waals surface area contributed by atoms with E-state index in [1.165, 1.54) is 0 Å².